The highest BCUT2D eigenvalue weighted by atomic mass is 16.6. The number of carboxylic acids is 1. The minimum atomic E-state index is -1.20. The molecule has 0 bridgehead atoms. The molecule has 0 aliphatic carbocycles. The van der Waals surface area contributed by atoms with E-state index in [0.29, 0.717) is 42.8 Å². The monoisotopic (exact) mass is 388 g/mol. The number of carbonyl (C=O) groups is 2. The number of hydrogen-bond donors (Lipinski definition) is 1. The van der Waals surface area contributed by atoms with Gasteiger partial charge < -0.3 is 19.5 Å². The van der Waals surface area contributed by atoms with E-state index in [9.17, 15) is 20.0 Å². The highest BCUT2D eigenvalue weighted by Gasteiger charge is 2.30. The molecular weight excluding hydrogens is 360 g/mol. The SMILES string of the molecule is CC(C)(C)OCC(C)(C=O)Oc1cc(C#N)cc(N2CCC[C@@H](C(=O)O)C2)c1. The van der Waals surface area contributed by atoms with Crippen LogP contribution < -0.4 is 9.64 Å². The lowest BCUT2D eigenvalue weighted by Crippen LogP contribution is -2.42. The fourth-order valence-corrected chi connectivity index (χ4v) is 3.02. The number of carboxylic acid groups (broad SMARTS) is 1. The number of carbonyl (C=O) groups excluding carboxylic acids is 1. The summed E-state index contributed by atoms with van der Waals surface area (Å²) in [7, 11) is 0. The number of nitriles is 1. The van der Waals surface area contributed by atoms with E-state index in [-0.39, 0.29) is 6.61 Å². The molecule has 2 rings (SSSR count). The van der Waals surface area contributed by atoms with Gasteiger partial charge in [0.05, 0.1) is 29.8 Å². The molecule has 152 valence electrons. The van der Waals surface area contributed by atoms with Gasteiger partial charge in [-0.15, -0.1) is 0 Å². The summed E-state index contributed by atoms with van der Waals surface area (Å²) in [6.07, 6.45) is 2.09. The number of anilines is 1. The Kier molecular flexibility index (Phi) is 6.68. The predicted molar refractivity (Wildman–Crippen MR) is 105 cm³/mol. The Hall–Kier alpha value is -2.59. The second-order valence-corrected chi connectivity index (χ2v) is 8.38. The van der Waals surface area contributed by atoms with Crippen LogP contribution in [0.3, 0.4) is 0 Å². The fourth-order valence-electron chi connectivity index (χ4n) is 3.02. The maximum Gasteiger partial charge on any atom is 0.308 e. The standard InChI is InChI=1S/C21H28N2O5/c1-20(2,3)27-14-21(4,13-24)28-18-9-15(11-22)8-17(10-18)23-7-5-6-16(12-23)19(25)26/h8-10,13,16H,5-7,12,14H2,1-4H3,(H,25,26)/t16-,21?/m1/s1. The second-order valence-electron chi connectivity index (χ2n) is 8.38. The first kappa shape index (κ1) is 21.7. The van der Waals surface area contributed by atoms with Crippen LogP contribution in [0.2, 0.25) is 0 Å². The van der Waals surface area contributed by atoms with Crippen LogP contribution in [-0.2, 0) is 14.3 Å². The van der Waals surface area contributed by atoms with E-state index in [0.717, 1.165) is 6.42 Å². The van der Waals surface area contributed by atoms with Crippen molar-refractivity contribution in [3.63, 3.8) is 0 Å². The average Bonchev–Trinajstić information content (AvgIpc) is 2.65. The normalized spacial score (nSPS) is 19.4. The van der Waals surface area contributed by atoms with E-state index in [1.165, 1.54) is 0 Å². The first-order valence-electron chi connectivity index (χ1n) is 9.37. The Bertz CT molecular complexity index is 765. The molecule has 7 heteroatoms. The lowest BCUT2D eigenvalue weighted by molar-refractivity contribution is -0.142. The van der Waals surface area contributed by atoms with Crippen LogP contribution >= 0.6 is 0 Å². The third-order valence-corrected chi connectivity index (χ3v) is 4.55. The van der Waals surface area contributed by atoms with Crippen LogP contribution in [0.15, 0.2) is 18.2 Å². The van der Waals surface area contributed by atoms with Gasteiger partial charge in [-0.25, -0.2) is 0 Å². The summed E-state index contributed by atoms with van der Waals surface area (Å²) >= 11 is 0. The molecule has 0 spiro atoms. The van der Waals surface area contributed by atoms with E-state index < -0.39 is 23.1 Å². The molecule has 0 aromatic heterocycles. The Morgan fingerprint density at radius 3 is 2.64 bits per heavy atom. The molecule has 1 saturated heterocycles. The van der Waals surface area contributed by atoms with Gasteiger partial charge in [-0.2, -0.15) is 5.26 Å². The third-order valence-electron chi connectivity index (χ3n) is 4.55. The quantitative estimate of drug-likeness (QED) is 0.717. The van der Waals surface area contributed by atoms with Gasteiger partial charge in [-0.05, 0) is 52.7 Å². The zero-order valence-corrected chi connectivity index (χ0v) is 16.9. The van der Waals surface area contributed by atoms with E-state index in [1.54, 1.807) is 25.1 Å². The molecule has 28 heavy (non-hydrogen) atoms. The minimum Gasteiger partial charge on any atom is -0.481 e. The lowest BCUT2D eigenvalue weighted by atomic mass is 9.97. The number of piperidine rings is 1. The van der Waals surface area contributed by atoms with Gasteiger partial charge in [0.15, 0.2) is 11.9 Å². The molecular formula is C21H28N2O5. The Morgan fingerprint density at radius 2 is 2.07 bits per heavy atom. The Labute approximate surface area is 165 Å². The minimum absolute atomic E-state index is 0.0664. The number of hydrogen-bond acceptors (Lipinski definition) is 6. The van der Waals surface area contributed by atoms with Gasteiger partial charge in [0.2, 0.25) is 0 Å². The summed E-state index contributed by atoms with van der Waals surface area (Å²) < 4.78 is 11.6. The first-order valence-corrected chi connectivity index (χ1v) is 9.37. The van der Waals surface area contributed by atoms with Gasteiger partial charge >= 0.3 is 5.97 Å². The smallest absolute Gasteiger partial charge is 0.308 e. The highest BCUT2D eigenvalue weighted by molar-refractivity contribution is 5.71. The third kappa shape index (κ3) is 5.96. The fraction of sp³-hybridized carbons (Fsp3) is 0.571. The van der Waals surface area contributed by atoms with Crippen LogP contribution in [0.25, 0.3) is 0 Å². The zero-order valence-electron chi connectivity index (χ0n) is 16.9. The molecule has 1 unspecified atom stereocenters. The van der Waals surface area contributed by atoms with Gasteiger partial charge in [0.1, 0.15) is 5.75 Å². The maximum absolute atomic E-state index is 11.7. The largest absolute Gasteiger partial charge is 0.481 e. The summed E-state index contributed by atoms with van der Waals surface area (Å²) in [5.74, 6) is -0.881. The summed E-state index contributed by atoms with van der Waals surface area (Å²) in [5.41, 5.74) is -0.531. The lowest BCUT2D eigenvalue weighted by Gasteiger charge is -2.33. The molecule has 1 fully saturated rings. The average molecular weight is 388 g/mol. The molecule has 0 saturated carbocycles. The molecule has 1 heterocycles. The number of aldehydes is 1. The molecule has 1 aromatic carbocycles. The number of benzene rings is 1. The Morgan fingerprint density at radius 1 is 1.36 bits per heavy atom. The van der Waals surface area contributed by atoms with Crippen molar-refractivity contribution in [2.75, 3.05) is 24.6 Å². The zero-order chi connectivity index (χ0) is 20.9. The van der Waals surface area contributed by atoms with E-state index in [2.05, 4.69) is 6.07 Å². The van der Waals surface area contributed by atoms with Crippen LogP contribution in [0, 0.1) is 17.2 Å². The number of aliphatic carboxylic acids is 1. The van der Waals surface area contributed by atoms with Crippen molar-refractivity contribution in [2.24, 2.45) is 5.92 Å². The summed E-state index contributed by atoms with van der Waals surface area (Å²) in [6.45, 7) is 8.45. The van der Waals surface area contributed by atoms with E-state index in [4.69, 9.17) is 9.47 Å². The van der Waals surface area contributed by atoms with Crippen molar-refractivity contribution in [2.45, 2.75) is 51.7 Å². The Balaban J connectivity index is 2.25. The van der Waals surface area contributed by atoms with Gasteiger partial charge in [-0.1, -0.05) is 0 Å². The molecule has 1 aliphatic heterocycles. The van der Waals surface area contributed by atoms with E-state index in [1.807, 2.05) is 25.7 Å². The molecule has 0 amide bonds. The van der Waals surface area contributed by atoms with Crippen LogP contribution in [0.1, 0.15) is 46.1 Å². The second kappa shape index (κ2) is 8.61. The van der Waals surface area contributed by atoms with Crippen LogP contribution in [0.4, 0.5) is 5.69 Å². The number of ether oxygens (including phenoxy) is 2. The van der Waals surface area contributed by atoms with Crippen molar-refractivity contribution in [3.8, 4) is 11.8 Å². The van der Waals surface area contributed by atoms with Crippen molar-refractivity contribution >= 4 is 17.9 Å². The number of nitrogens with zero attached hydrogens (tertiary/aromatic N) is 2. The molecule has 1 aromatic rings. The van der Waals surface area contributed by atoms with Crippen molar-refractivity contribution < 1.29 is 24.2 Å². The summed E-state index contributed by atoms with van der Waals surface area (Å²) in [5, 5.41) is 18.7. The molecule has 2 atom stereocenters. The van der Waals surface area contributed by atoms with Crippen LogP contribution in [-0.4, -0.2) is 48.3 Å². The molecule has 1 aliphatic rings. The van der Waals surface area contributed by atoms with Crippen molar-refractivity contribution in [3.05, 3.63) is 23.8 Å². The molecule has 1 N–H and O–H groups in total. The molecule has 0 radical (unpaired) electrons. The van der Waals surface area contributed by atoms with Gasteiger partial charge in [0, 0.05) is 24.8 Å². The maximum atomic E-state index is 11.7. The topological polar surface area (TPSA) is 99.9 Å². The summed E-state index contributed by atoms with van der Waals surface area (Å²) in [6, 6.07) is 7.12. The van der Waals surface area contributed by atoms with Gasteiger partial charge in [-0.3, -0.25) is 9.59 Å². The van der Waals surface area contributed by atoms with Gasteiger partial charge in [0.25, 0.3) is 0 Å². The highest BCUT2D eigenvalue weighted by Crippen LogP contribution is 2.30. The number of rotatable bonds is 7. The summed E-state index contributed by atoms with van der Waals surface area (Å²) in [4.78, 5) is 24.9. The first-order chi connectivity index (χ1) is 13.0. The van der Waals surface area contributed by atoms with Crippen molar-refractivity contribution in [1.82, 2.24) is 0 Å². The molecule has 7 nitrogen and oxygen atoms in total. The van der Waals surface area contributed by atoms with E-state index >= 15 is 0 Å². The predicted octanol–water partition coefficient (Wildman–Crippen LogP) is 3.01. The van der Waals surface area contributed by atoms with Crippen molar-refractivity contribution in [1.29, 1.82) is 5.26 Å². The van der Waals surface area contributed by atoms with Crippen LogP contribution in [0.5, 0.6) is 5.75 Å².